The summed E-state index contributed by atoms with van der Waals surface area (Å²) in [6.07, 6.45) is 0. The summed E-state index contributed by atoms with van der Waals surface area (Å²) in [7, 11) is -3.62. The van der Waals surface area contributed by atoms with Gasteiger partial charge >= 0.3 is 0 Å². The summed E-state index contributed by atoms with van der Waals surface area (Å²) in [5.74, 6) is 0. The van der Waals surface area contributed by atoms with Crippen molar-refractivity contribution < 1.29 is 13.5 Å². The third kappa shape index (κ3) is 3.33. The van der Waals surface area contributed by atoms with Gasteiger partial charge in [0.05, 0.1) is 11.5 Å². The van der Waals surface area contributed by atoms with E-state index in [9.17, 15) is 8.42 Å². The number of aliphatic hydroxyl groups is 1. The Bertz CT molecular complexity index is 663. The van der Waals surface area contributed by atoms with Crippen LogP contribution in [0, 0.1) is 6.92 Å². The number of sulfonamides is 1. The van der Waals surface area contributed by atoms with Gasteiger partial charge in [0.2, 0.25) is 0 Å². The zero-order valence-electron chi connectivity index (χ0n) is 10.5. The minimum Gasteiger partial charge on any atom is -0.392 e. The molecule has 0 saturated heterocycles. The molecule has 0 atom stereocenters. The second-order valence-corrected chi connectivity index (χ2v) is 5.96. The Kier molecular flexibility index (Phi) is 3.87. The maximum atomic E-state index is 12.2. The largest absolute Gasteiger partial charge is 0.392 e. The van der Waals surface area contributed by atoms with E-state index in [1.54, 1.807) is 24.3 Å². The predicted octanol–water partition coefficient (Wildman–Crippen LogP) is 2.29. The summed E-state index contributed by atoms with van der Waals surface area (Å²) in [4.78, 5) is 0.139. The average Bonchev–Trinajstić information content (AvgIpc) is 2.41. The van der Waals surface area contributed by atoms with Crippen molar-refractivity contribution >= 4 is 15.7 Å². The fourth-order valence-electron chi connectivity index (χ4n) is 1.65. The van der Waals surface area contributed by atoms with E-state index in [0.29, 0.717) is 11.3 Å². The first kappa shape index (κ1) is 13.6. The summed E-state index contributed by atoms with van der Waals surface area (Å²) in [5, 5.41) is 9.03. The van der Waals surface area contributed by atoms with E-state index >= 15 is 0 Å². The highest BCUT2D eigenvalue weighted by Crippen LogP contribution is 2.17. The Morgan fingerprint density at radius 3 is 2.42 bits per heavy atom. The molecule has 2 rings (SSSR count). The van der Waals surface area contributed by atoms with E-state index in [2.05, 4.69) is 4.72 Å². The zero-order chi connectivity index (χ0) is 13.9. The lowest BCUT2D eigenvalue weighted by atomic mass is 10.2. The number of benzene rings is 2. The van der Waals surface area contributed by atoms with Gasteiger partial charge in [-0.05, 0) is 36.8 Å². The minimum atomic E-state index is -3.62. The van der Waals surface area contributed by atoms with Crippen molar-refractivity contribution in [2.45, 2.75) is 18.4 Å². The molecule has 0 aliphatic carbocycles. The van der Waals surface area contributed by atoms with E-state index in [-0.39, 0.29) is 11.5 Å². The summed E-state index contributed by atoms with van der Waals surface area (Å²) in [6, 6.07) is 13.3. The van der Waals surface area contributed by atoms with Crippen LogP contribution in [0.4, 0.5) is 5.69 Å². The molecule has 2 aromatic carbocycles. The second-order valence-electron chi connectivity index (χ2n) is 4.28. The topological polar surface area (TPSA) is 66.4 Å². The van der Waals surface area contributed by atoms with Crippen LogP contribution >= 0.6 is 0 Å². The molecular formula is C14H15NO3S. The highest BCUT2D eigenvalue weighted by Gasteiger charge is 2.14. The molecule has 0 aliphatic rings. The monoisotopic (exact) mass is 277 g/mol. The molecule has 0 saturated carbocycles. The van der Waals surface area contributed by atoms with Crippen LogP contribution in [0.15, 0.2) is 53.4 Å². The van der Waals surface area contributed by atoms with Gasteiger partial charge in [-0.25, -0.2) is 8.42 Å². The van der Waals surface area contributed by atoms with Crippen molar-refractivity contribution in [1.82, 2.24) is 0 Å². The van der Waals surface area contributed by atoms with Gasteiger partial charge in [-0.15, -0.1) is 0 Å². The van der Waals surface area contributed by atoms with Gasteiger partial charge in [0, 0.05) is 5.69 Å². The third-order valence-electron chi connectivity index (χ3n) is 2.70. The normalized spacial score (nSPS) is 11.3. The molecule has 4 nitrogen and oxygen atoms in total. The van der Waals surface area contributed by atoms with Gasteiger partial charge in [-0.3, -0.25) is 4.72 Å². The molecular weight excluding hydrogens is 262 g/mol. The van der Waals surface area contributed by atoms with Crippen LogP contribution in [0.5, 0.6) is 0 Å². The van der Waals surface area contributed by atoms with Crippen LogP contribution < -0.4 is 4.72 Å². The van der Waals surface area contributed by atoms with E-state index in [0.717, 1.165) is 5.56 Å². The molecule has 0 fully saturated rings. The molecule has 19 heavy (non-hydrogen) atoms. The number of rotatable bonds is 4. The molecule has 5 heteroatoms. The maximum absolute atomic E-state index is 12.2. The molecule has 0 spiro atoms. The van der Waals surface area contributed by atoms with Crippen LogP contribution in [-0.2, 0) is 16.6 Å². The second kappa shape index (κ2) is 5.42. The number of nitrogens with one attached hydrogen (secondary N) is 1. The first-order valence-corrected chi connectivity index (χ1v) is 7.29. The quantitative estimate of drug-likeness (QED) is 0.901. The molecule has 0 unspecified atom stereocenters. The van der Waals surface area contributed by atoms with Crippen LogP contribution in [0.1, 0.15) is 11.1 Å². The number of anilines is 1. The number of hydrogen-bond donors (Lipinski definition) is 2. The molecule has 0 bridgehead atoms. The van der Waals surface area contributed by atoms with Gasteiger partial charge in [-0.1, -0.05) is 29.8 Å². The van der Waals surface area contributed by atoms with Crippen LogP contribution in [0.25, 0.3) is 0 Å². The number of aryl methyl sites for hydroxylation is 1. The first-order chi connectivity index (χ1) is 9.01. The Hall–Kier alpha value is -1.85. The van der Waals surface area contributed by atoms with Crippen molar-refractivity contribution in [1.29, 1.82) is 0 Å². The van der Waals surface area contributed by atoms with Crippen LogP contribution in [0.2, 0.25) is 0 Å². The lowest BCUT2D eigenvalue weighted by Crippen LogP contribution is -2.13. The van der Waals surface area contributed by atoms with Crippen LogP contribution in [-0.4, -0.2) is 13.5 Å². The predicted molar refractivity (Wildman–Crippen MR) is 74.4 cm³/mol. The van der Waals surface area contributed by atoms with Gasteiger partial charge in [-0.2, -0.15) is 0 Å². The molecule has 0 amide bonds. The van der Waals surface area contributed by atoms with Gasteiger partial charge < -0.3 is 5.11 Å². The summed E-state index contributed by atoms with van der Waals surface area (Å²) >= 11 is 0. The maximum Gasteiger partial charge on any atom is 0.261 e. The lowest BCUT2D eigenvalue weighted by Gasteiger charge is -2.09. The standard InChI is InChI=1S/C14H15NO3S/c1-11-5-7-13(8-6-11)15-19(17,18)14-4-2-3-12(9-14)10-16/h2-9,15-16H,10H2,1H3. The number of aliphatic hydroxyl groups excluding tert-OH is 1. The highest BCUT2D eigenvalue weighted by molar-refractivity contribution is 7.92. The van der Waals surface area contributed by atoms with Gasteiger partial charge in [0.25, 0.3) is 10.0 Å². The molecule has 0 aromatic heterocycles. The summed E-state index contributed by atoms with van der Waals surface area (Å²) in [6.45, 7) is 1.75. The van der Waals surface area contributed by atoms with Crippen molar-refractivity contribution in [3.8, 4) is 0 Å². The minimum absolute atomic E-state index is 0.139. The fourth-order valence-corrected chi connectivity index (χ4v) is 2.78. The fraction of sp³-hybridized carbons (Fsp3) is 0.143. The Labute approximate surface area is 112 Å². The molecule has 0 heterocycles. The molecule has 0 radical (unpaired) electrons. The number of hydrogen-bond acceptors (Lipinski definition) is 3. The molecule has 2 aromatic rings. The van der Waals surface area contributed by atoms with Gasteiger partial charge in [0.15, 0.2) is 0 Å². The van der Waals surface area contributed by atoms with E-state index in [1.807, 2.05) is 19.1 Å². The Morgan fingerprint density at radius 1 is 1.11 bits per heavy atom. The molecule has 100 valence electrons. The molecule has 0 aliphatic heterocycles. The summed E-state index contributed by atoms with van der Waals surface area (Å²) in [5.41, 5.74) is 2.14. The van der Waals surface area contributed by atoms with Crippen molar-refractivity contribution in [2.75, 3.05) is 4.72 Å². The van der Waals surface area contributed by atoms with E-state index in [4.69, 9.17) is 5.11 Å². The van der Waals surface area contributed by atoms with E-state index in [1.165, 1.54) is 12.1 Å². The first-order valence-electron chi connectivity index (χ1n) is 5.80. The Morgan fingerprint density at radius 2 is 1.79 bits per heavy atom. The van der Waals surface area contributed by atoms with E-state index < -0.39 is 10.0 Å². The lowest BCUT2D eigenvalue weighted by molar-refractivity contribution is 0.281. The van der Waals surface area contributed by atoms with Crippen molar-refractivity contribution in [3.63, 3.8) is 0 Å². The SMILES string of the molecule is Cc1ccc(NS(=O)(=O)c2cccc(CO)c2)cc1. The highest BCUT2D eigenvalue weighted by atomic mass is 32.2. The molecule has 2 N–H and O–H groups in total. The van der Waals surface area contributed by atoms with Gasteiger partial charge in [0.1, 0.15) is 0 Å². The smallest absolute Gasteiger partial charge is 0.261 e. The average molecular weight is 277 g/mol. The van der Waals surface area contributed by atoms with Crippen LogP contribution in [0.3, 0.4) is 0 Å². The van der Waals surface area contributed by atoms with Crippen molar-refractivity contribution in [2.24, 2.45) is 0 Å². The third-order valence-corrected chi connectivity index (χ3v) is 4.07. The summed E-state index contributed by atoms with van der Waals surface area (Å²) < 4.78 is 26.8. The Balaban J connectivity index is 2.29. The zero-order valence-corrected chi connectivity index (χ0v) is 11.3. The van der Waals surface area contributed by atoms with Crippen molar-refractivity contribution in [3.05, 3.63) is 59.7 Å².